The SMILES string of the molecule is C=C(C)[C@@H](CN1C(=O)CC(C)(C)CC1=O)NC(=O)N[C@H](C(=O)N1C[C@H]2[C@@H]([C@H]1C(=O)NC1(C(=O)C(=O)NC3CC3)CC1)C2(C)C)C(C)(C)C. The molecule has 2 heterocycles. The molecule has 5 atom stereocenters. The zero-order valence-corrected chi connectivity index (χ0v) is 29.6. The van der Waals surface area contributed by atoms with Gasteiger partial charge in [-0.05, 0) is 60.7 Å². The van der Waals surface area contributed by atoms with Crippen LogP contribution in [0.5, 0.6) is 0 Å². The average molecular weight is 669 g/mol. The number of ketones is 1. The molecule has 4 N–H and O–H groups in total. The van der Waals surface area contributed by atoms with Crippen molar-refractivity contribution in [2.24, 2.45) is 28.1 Å². The van der Waals surface area contributed by atoms with Gasteiger partial charge in [-0.1, -0.05) is 60.6 Å². The van der Waals surface area contributed by atoms with E-state index in [1.165, 1.54) is 4.90 Å². The second kappa shape index (κ2) is 12.0. The Kier molecular flexibility index (Phi) is 8.87. The van der Waals surface area contributed by atoms with Crippen LogP contribution in [0.15, 0.2) is 12.2 Å². The van der Waals surface area contributed by atoms with Crippen molar-refractivity contribution < 1.29 is 33.6 Å². The van der Waals surface area contributed by atoms with Gasteiger partial charge < -0.3 is 26.2 Å². The van der Waals surface area contributed by atoms with E-state index in [0.717, 1.165) is 17.7 Å². The highest BCUT2D eigenvalue weighted by Gasteiger charge is 2.70. The van der Waals surface area contributed by atoms with Gasteiger partial charge in [0.2, 0.25) is 29.4 Å². The standard InChI is InChI=1S/C35H52N6O7/c1-18(2)21(17-40-22(42)14-33(6,7)15-23(40)43)37-31(48)38-26(32(3,4)5)30(47)41-16-20-24(34(20,8)9)25(41)28(45)39-35(12-13-35)27(44)29(46)36-19-10-11-19/h19-21,24-26H,1,10-17H2,2-9H3,(H,36,46)(H,39,45)(H2,37,38,48)/t20-,21+,24-,25-,26+/m0/s1. The number of Topliss-reactive ketones (excluding diaryl/α,β-unsaturated/α-hetero) is 1. The van der Waals surface area contributed by atoms with Gasteiger partial charge in [-0.2, -0.15) is 0 Å². The van der Waals surface area contributed by atoms with Gasteiger partial charge in [-0.3, -0.25) is 33.7 Å². The van der Waals surface area contributed by atoms with Gasteiger partial charge in [0.15, 0.2) is 0 Å². The predicted molar refractivity (Wildman–Crippen MR) is 176 cm³/mol. The van der Waals surface area contributed by atoms with Crippen LogP contribution in [0.2, 0.25) is 0 Å². The molecular formula is C35H52N6O7. The van der Waals surface area contributed by atoms with Crippen LogP contribution in [0.3, 0.4) is 0 Å². The van der Waals surface area contributed by atoms with Crippen LogP contribution in [0, 0.1) is 28.1 Å². The third-order valence-electron chi connectivity index (χ3n) is 10.9. The molecule has 3 aliphatic carbocycles. The minimum atomic E-state index is -1.26. The molecule has 2 saturated heterocycles. The molecule has 0 radical (unpaired) electrons. The highest BCUT2D eigenvalue weighted by atomic mass is 16.2. The first kappa shape index (κ1) is 35.5. The summed E-state index contributed by atoms with van der Waals surface area (Å²) in [7, 11) is 0. The molecule has 0 spiro atoms. The van der Waals surface area contributed by atoms with Crippen molar-refractivity contribution in [3.8, 4) is 0 Å². The van der Waals surface area contributed by atoms with E-state index in [4.69, 9.17) is 0 Å². The number of hydrogen-bond acceptors (Lipinski definition) is 7. The summed E-state index contributed by atoms with van der Waals surface area (Å²) < 4.78 is 0. The second-order valence-electron chi connectivity index (χ2n) is 17.3. The summed E-state index contributed by atoms with van der Waals surface area (Å²) in [6.45, 7) is 19.1. The molecule has 48 heavy (non-hydrogen) atoms. The van der Waals surface area contributed by atoms with Crippen molar-refractivity contribution in [2.45, 2.75) is 124 Å². The topological polar surface area (TPSA) is 174 Å². The maximum Gasteiger partial charge on any atom is 0.315 e. The fourth-order valence-electron chi connectivity index (χ4n) is 7.42. The van der Waals surface area contributed by atoms with Gasteiger partial charge in [0.1, 0.15) is 17.6 Å². The Labute approximate surface area is 282 Å². The minimum absolute atomic E-state index is 0.00999. The highest BCUT2D eigenvalue weighted by molar-refractivity contribution is 6.41. The molecule has 264 valence electrons. The number of carbonyl (C=O) groups excluding carboxylic acids is 7. The number of nitrogens with zero attached hydrogens (tertiary/aromatic N) is 2. The van der Waals surface area contributed by atoms with E-state index in [-0.39, 0.29) is 54.5 Å². The Hall–Kier alpha value is -3.77. The van der Waals surface area contributed by atoms with E-state index in [1.807, 2.05) is 34.6 Å². The number of fused-ring (bicyclic) bond motifs is 1. The predicted octanol–water partition coefficient (Wildman–Crippen LogP) is 1.80. The first-order chi connectivity index (χ1) is 22.1. The van der Waals surface area contributed by atoms with Crippen LogP contribution >= 0.6 is 0 Å². The molecule has 7 amide bonds. The smallest absolute Gasteiger partial charge is 0.315 e. The first-order valence-electron chi connectivity index (χ1n) is 17.1. The zero-order valence-electron chi connectivity index (χ0n) is 29.6. The molecule has 0 aromatic heterocycles. The van der Waals surface area contributed by atoms with Gasteiger partial charge in [0.05, 0.1) is 12.6 Å². The molecule has 3 saturated carbocycles. The van der Waals surface area contributed by atoms with E-state index in [9.17, 15) is 33.6 Å². The number of urea groups is 1. The van der Waals surface area contributed by atoms with Gasteiger partial charge in [-0.25, -0.2) is 4.79 Å². The number of imide groups is 1. The molecule has 5 fully saturated rings. The van der Waals surface area contributed by atoms with E-state index in [2.05, 4.69) is 41.7 Å². The largest absolute Gasteiger partial charge is 0.347 e. The minimum Gasteiger partial charge on any atom is -0.347 e. The maximum atomic E-state index is 14.3. The number of carbonyl (C=O) groups is 7. The normalized spacial score (nSPS) is 27.6. The molecule has 2 aliphatic heterocycles. The Balaban J connectivity index is 1.28. The lowest BCUT2D eigenvalue weighted by molar-refractivity contribution is -0.152. The lowest BCUT2D eigenvalue weighted by atomic mass is 9.81. The zero-order chi connectivity index (χ0) is 35.7. The molecule has 0 aromatic rings. The average Bonchev–Trinajstić information content (AvgIpc) is 3.91. The molecule has 0 aromatic carbocycles. The quantitative estimate of drug-likeness (QED) is 0.148. The van der Waals surface area contributed by atoms with E-state index >= 15 is 0 Å². The van der Waals surface area contributed by atoms with Crippen LogP contribution in [0.4, 0.5) is 4.79 Å². The maximum absolute atomic E-state index is 14.3. The monoisotopic (exact) mass is 668 g/mol. The fourth-order valence-corrected chi connectivity index (χ4v) is 7.42. The van der Waals surface area contributed by atoms with Crippen LogP contribution in [-0.2, 0) is 28.8 Å². The lowest BCUT2D eigenvalue weighted by Gasteiger charge is -2.38. The fraction of sp³-hybridized carbons (Fsp3) is 0.743. The van der Waals surface area contributed by atoms with Crippen molar-refractivity contribution in [3.63, 3.8) is 0 Å². The van der Waals surface area contributed by atoms with Crippen LogP contribution in [0.1, 0.15) is 93.9 Å². The molecular weight excluding hydrogens is 616 g/mol. The third-order valence-corrected chi connectivity index (χ3v) is 10.9. The summed E-state index contributed by atoms with van der Waals surface area (Å²) in [5.74, 6) is -2.94. The van der Waals surface area contributed by atoms with Crippen molar-refractivity contribution in [3.05, 3.63) is 12.2 Å². The van der Waals surface area contributed by atoms with Crippen LogP contribution < -0.4 is 21.3 Å². The summed E-state index contributed by atoms with van der Waals surface area (Å²) in [4.78, 5) is 95.6. The van der Waals surface area contributed by atoms with Gasteiger partial charge >= 0.3 is 6.03 Å². The molecule has 0 unspecified atom stereocenters. The summed E-state index contributed by atoms with van der Waals surface area (Å²) in [5, 5.41) is 11.2. The van der Waals surface area contributed by atoms with Gasteiger partial charge in [-0.15, -0.1) is 0 Å². The first-order valence-corrected chi connectivity index (χ1v) is 17.1. The van der Waals surface area contributed by atoms with Crippen molar-refractivity contribution in [1.82, 2.24) is 31.1 Å². The number of nitrogens with one attached hydrogen (secondary N) is 4. The van der Waals surface area contributed by atoms with Gasteiger partial charge in [0, 0.05) is 25.4 Å². The number of rotatable bonds is 11. The molecule has 13 nitrogen and oxygen atoms in total. The second-order valence-corrected chi connectivity index (χ2v) is 17.3. The molecule has 5 rings (SSSR count). The van der Waals surface area contributed by atoms with E-state index < -0.39 is 64.0 Å². The number of hydrogen-bond donors (Lipinski definition) is 4. The third kappa shape index (κ3) is 7.01. The molecule has 13 heteroatoms. The van der Waals surface area contributed by atoms with E-state index in [0.29, 0.717) is 25.0 Å². The summed E-state index contributed by atoms with van der Waals surface area (Å²) in [5.41, 5.74) is -2.13. The summed E-state index contributed by atoms with van der Waals surface area (Å²) in [6.07, 6.45) is 2.80. The summed E-state index contributed by atoms with van der Waals surface area (Å²) >= 11 is 0. The number of amides is 7. The van der Waals surface area contributed by atoms with Crippen molar-refractivity contribution >= 4 is 41.4 Å². The van der Waals surface area contributed by atoms with E-state index in [1.54, 1.807) is 6.92 Å². The Morgan fingerprint density at radius 1 is 0.958 bits per heavy atom. The Morgan fingerprint density at radius 3 is 2.04 bits per heavy atom. The molecule has 5 aliphatic rings. The molecule has 0 bridgehead atoms. The van der Waals surface area contributed by atoms with Gasteiger partial charge in [0.25, 0.3) is 5.91 Å². The highest BCUT2D eigenvalue weighted by Crippen LogP contribution is 2.65. The lowest BCUT2D eigenvalue weighted by Crippen LogP contribution is -2.62. The van der Waals surface area contributed by atoms with Crippen molar-refractivity contribution in [2.75, 3.05) is 13.1 Å². The number of piperidine rings is 2. The Bertz CT molecular complexity index is 1430. The van der Waals surface area contributed by atoms with Crippen LogP contribution in [-0.4, -0.2) is 93.9 Å². The van der Waals surface area contributed by atoms with Crippen molar-refractivity contribution in [1.29, 1.82) is 0 Å². The Morgan fingerprint density at radius 2 is 1.54 bits per heavy atom. The number of likely N-dealkylation sites (tertiary alicyclic amines) is 2. The van der Waals surface area contributed by atoms with Crippen LogP contribution in [0.25, 0.3) is 0 Å². The summed E-state index contributed by atoms with van der Waals surface area (Å²) in [6, 6.07) is -3.33.